The van der Waals surface area contributed by atoms with E-state index in [1.807, 2.05) is 12.2 Å². The molecule has 2 bridgehead atoms. The molecule has 3 aliphatic rings. The molecule has 1 fully saturated rings. The Morgan fingerprint density at radius 3 is 2.00 bits per heavy atom. The molecule has 0 heterocycles. The second kappa shape index (κ2) is 6.66. The summed E-state index contributed by atoms with van der Waals surface area (Å²) in [5.41, 5.74) is 0.222. The van der Waals surface area contributed by atoms with Gasteiger partial charge in [0.25, 0.3) is 0 Å². The van der Waals surface area contributed by atoms with Crippen LogP contribution in [0.25, 0.3) is 0 Å². The molecule has 4 nitrogen and oxygen atoms in total. The van der Waals surface area contributed by atoms with Crippen LogP contribution >= 0.6 is 0 Å². The first kappa shape index (κ1) is 19.8. The third-order valence-electron chi connectivity index (χ3n) is 7.18. The Bertz CT molecular complexity index is 1240. The van der Waals surface area contributed by atoms with Crippen LogP contribution in [0.3, 0.4) is 0 Å². The molecule has 156 valence electrons. The second-order valence-corrected chi connectivity index (χ2v) is 12.7. The van der Waals surface area contributed by atoms with Crippen molar-refractivity contribution in [2.75, 3.05) is 0 Å². The minimum Gasteiger partial charge on any atom is -0.223 e. The molecule has 6 heteroatoms. The Labute approximate surface area is 178 Å². The van der Waals surface area contributed by atoms with Crippen molar-refractivity contribution >= 4 is 19.7 Å². The van der Waals surface area contributed by atoms with Crippen LogP contribution in [0, 0.1) is 17.3 Å². The molecule has 0 unspecified atom stereocenters. The largest absolute Gasteiger partial charge is 0.223 e. The van der Waals surface area contributed by atoms with E-state index in [1.165, 1.54) is 0 Å². The molecule has 0 radical (unpaired) electrons. The number of hydrogen-bond donors (Lipinski definition) is 0. The maximum Gasteiger partial charge on any atom is 0.183 e. The topological polar surface area (TPSA) is 68.3 Å². The smallest absolute Gasteiger partial charge is 0.183 e. The van der Waals surface area contributed by atoms with Gasteiger partial charge in [0.05, 0.1) is 20.3 Å². The average molecular weight is 441 g/mol. The Hall–Kier alpha value is -2.18. The summed E-state index contributed by atoms with van der Waals surface area (Å²) in [4.78, 5) is 0.376. The van der Waals surface area contributed by atoms with Crippen LogP contribution in [-0.4, -0.2) is 27.3 Å². The lowest BCUT2D eigenvalue weighted by Gasteiger charge is -2.42. The molecule has 0 spiro atoms. The molecule has 0 N–H and O–H groups in total. The van der Waals surface area contributed by atoms with E-state index in [-0.39, 0.29) is 15.7 Å². The van der Waals surface area contributed by atoms with E-state index in [0.717, 1.165) is 18.4 Å². The SMILES string of the molecule is C[C@@H]1CCC=C2[C@H]3C=C[C@]21[C@@H](S(=O)(=O)c1ccccc1)[C@H]3S(=O)(=O)c1ccccc1. The zero-order chi connectivity index (χ0) is 21.1. The highest BCUT2D eigenvalue weighted by Gasteiger charge is 2.68. The highest BCUT2D eigenvalue weighted by Crippen LogP contribution is 2.65. The minimum atomic E-state index is -3.89. The van der Waals surface area contributed by atoms with E-state index >= 15 is 0 Å². The number of sulfone groups is 2. The lowest BCUT2D eigenvalue weighted by atomic mass is 9.68. The van der Waals surface area contributed by atoms with Gasteiger partial charge in [-0.15, -0.1) is 0 Å². The quantitative estimate of drug-likeness (QED) is 0.668. The van der Waals surface area contributed by atoms with Crippen molar-refractivity contribution in [1.29, 1.82) is 0 Å². The predicted octanol–water partition coefficient (Wildman–Crippen LogP) is 4.21. The van der Waals surface area contributed by atoms with Gasteiger partial charge in [0, 0.05) is 11.3 Å². The second-order valence-electron chi connectivity index (χ2n) is 8.56. The van der Waals surface area contributed by atoms with Crippen LogP contribution in [0.5, 0.6) is 0 Å². The summed E-state index contributed by atoms with van der Waals surface area (Å²) in [6.45, 7) is 2.06. The van der Waals surface area contributed by atoms with Crippen molar-refractivity contribution in [1.82, 2.24) is 0 Å². The van der Waals surface area contributed by atoms with Crippen molar-refractivity contribution in [3.63, 3.8) is 0 Å². The van der Waals surface area contributed by atoms with Crippen LogP contribution in [0.1, 0.15) is 19.8 Å². The number of benzene rings is 2. The van der Waals surface area contributed by atoms with Crippen LogP contribution in [-0.2, 0) is 19.7 Å². The van der Waals surface area contributed by atoms with Crippen LogP contribution < -0.4 is 0 Å². The predicted molar refractivity (Wildman–Crippen MR) is 116 cm³/mol. The number of rotatable bonds is 4. The van der Waals surface area contributed by atoms with Gasteiger partial charge in [-0.05, 0) is 43.0 Å². The first-order chi connectivity index (χ1) is 14.3. The van der Waals surface area contributed by atoms with Gasteiger partial charge in [-0.2, -0.15) is 0 Å². The highest BCUT2D eigenvalue weighted by atomic mass is 32.2. The van der Waals surface area contributed by atoms with E-state index in [2.05, 4.69) is 13.0 Å². The van der Waals surface area contributed by atoms with Gasteiger partial charge in [-0.25, -0.2) is 16.8 Å². The van der Waals surface area contributed by atoms with Crippen LogP contribution in [0.15, 0.2) is 94.3 Å². The van der Waals surface area contributed by atoms with Crippen LogP contribution in [0.2, 0.25) is 0 Å². The van der Waals surface area contributed by atoms with Crippen molar-refractivity contribution < 1.29 is 16.8 Å². The first-order valence-corrected chi connectivity index (χ1v) is 13.4. The first-order valence-electron chi connectivity index (χ1n) is 10.3. The molecule has 0 aromatic heterocycles. The average Bonchev–Trinajstić information content (AvgIpc) is 3.29. The molecule has 0 amide bonds. The number of allylic oxidation sites excluding steroid dienone is 4. The summed E-state index contributed by atoms with van der Waals surface area (Å²) in [6, 6.07) is 16.6. The molecular weight excluding hydrogens is 416 g/mol. The molecule has 1 saturated carbocycles. The molecule has 0 aliphatic heterocycles. The van der Waals surface area contributed by atoms with Gasteiger partial charge in [0.1, 0.15) is 0 Å². The van der Waals surface area contributed by atoms with Crippen molar-refractivity contribution in [2.24, 2.45) is 17.3 Å². The Morgan fingerprint density at radius 2 is 1.40 bits per heavy atom. The summed E-state index contributed by atoms with van der Waals surface area (Å²) in [7, 11) is -7.76. The molecule has 5 atom stereocenters. The molecule has 0 saturated heterocycles. The van der Waals surface area contributed by atoms with Gasteiger partial charge >= 0.3 is 0 Å². The van der Waals surface area contributed by atoms with E-state index in [4.69, 9.17) is 0 Å². The molecule has 2 aromatic carbocycles. The zero-order valence-corrected chi connectivity index (χ0v) is 18.3. The van der Waals surface area contributed by atoms with E-state index < -0.39 is 41.5 Å². The van der Waals surface area contributed by atoms with Crippen molar-refractivity contribution in [3.8, 4) is 0 Å². The molecule has 30 heavy (non-hydrogen) atoms. The maximum atomic E-state index is 14.0. The normalized spacial score (nSPS) is 32.6. The molecule has 5 rings (SSSR count). The zero-order valence-electron chi connectivity index (χ0n) is 16.7. The summed E-state index contributed by atoms with van der Waals surface area (Å²) in [6.07, 6.45) is 7.73. The molecular formula is C24H24O4S2. The van der Waals surface area contributed by atoms with Gasteiger partial charge in [0.15, 0.2) is 19.7 Å². The summed E-state index contributed by atoms with van der Waals surface area (Å²) in [5.74, 6) is -0.348. The fraction of sp³-hybridized carbons (Fsp3) is 0.333. The lowest BCUT2D eigenvalue weighted by molar-refractivity contribution is 0.281. The fourth-order valence-corrected chi connectivity index (χ4v) is 11.1. The number of hydrogen-bond acceptors (Lipinski definition) is 4. The Balaban J connectivity index is 1.78. The third kappa shape index (κ3) is 2.50. The van der Waals surface area contributed by atoms with E-state index in [9.17, 15) is 16.8 Å². The summed E-state index contributed by atoms with van der Waals surface area (Å²) < 4.78 is 55.6. The van der Waals surface area contributed by atoms with Gasteiger partial charge in [-0.1, -0.05) is 67.1 Å². The monoisotopic (exact) mass is 440 g/mol. The van der Waals surface area contributed by atoms with Crippen molar-refractivity contribution in [2.45, 2.75) is 40.1 Å². The summed E-state index contributed by atoms with van der Waals surface area (Å²) in [5, 5.41) is -2.06. The van der Waals surface area contributed by atoms with E-state index in [1.54, 1.807) is 60.7 Å². The standard InChI is InChI=1S/C24H24O4S2/c1-17-9-8-14-21-20-15-16-24(17,21)23(30(27,28)19-12-6-3-7-13-19)22(20)29(25,26)18-10-4-2-5-11-18/h2-7,10-17,20,22-23H,8-9H2,1H3/t17-,20-,22+,23+,24-/m1/s1. The van der Waals surface area contributed by atoms with E-state index in [0.29, 0.717) is 0 Å². The van der Waals surface area contributed by atoms with Gasteiger partial charge in [0.2, 0.25) is 0 Å². The van der Waals surface area contributed by atoms with Crippen LogP contribution in [0.4, 0.5) is 0 Å². The van der Waals surface area contributed by atoms with Gasteiger partial charge in [-0.3, -0.25) is 0 Å². The summed E-state index contributed by atoms with van der Waals surface area (Å²) >= 11 is 0. The minimum absolute atomic E-state index is 0.0539. The Kier molecular flexibility index (Phi) is 4.39. The molecule has 3 aliphatic carbocycles. The van der Waals surface area contributed by atoms with Gasteiger partial charge < -0.3 is 0 Å². The Morgan fingerprint density at radius 1 is 0.833 bits per heavy atom. The molecule has 2 aromatic rings. The van der Waals surface area contributed by atoms with Crippen molar-refractivity contribution in [3.05, 3.63) is 84.5 Å². The maximum absolute atomic E-state index is 14.0. The lowest BCUT2D eigenvalue weighted by Crippen LogP contribution is -2.50. The fourth-order valence-electron chi connectivity index (χ4n) is 5.84. The third-order valence-corrected chi connectivity index (χ3v) is 11.8. The highest BCUT2D eigenvalue weighted by molar-refractivity contribution is 7.96.